The van der Waals surface area contributed by atoms with Crippen LogP contribution >= 0.6 is 0 Å². The van der Waals surface area contributed by atoms with Gasteiger partial charge in [-0.2, -0.15) is 4.31 Å². The number of para-hydroxylation sites is 1. The minimum Gasteiger partial charge on any atom is -0.361 e. The third-order valence-corrected chi connectivity index (χ3v) is 6.84. The number of H-pyrrole nitrogens is 1. The molecule has 3 aromatic rings. The van der Waals surface area contributed by atoms with Gasteiger partial charge in [-0.3, -0.25) is 4.90 Å². The van der Waals surface area contributed by atoms with Crippen LogP contribution in [-0.4, -0.2) is 48.8 Å². The number of aromatic nitrogens is 1. The highest BCUT2D eigenvalue weighted by Crippen LogP contribution is 2.21. The van der Waals surface area contributed by atoms with Gasteiger partial charge in [0, 0.05) is 49.8 Å². The zero-order chi connectivity index (χ0) is 18.0. The van der Waals surface area contributed by atoms with Crippen LogP contribution in [0.3, 0.4) is 0 Å². The molecule has 1 aliphatic rings. The summed E-state index contributed by atoms with van der Waals surface area (Å²) >= 11 is 0. The van der Waals surface area contributed by atoms with Crippen molar-refractivity contribution in [3.05, 3.63) is 71.9 Å². The van der Waals surface area contributed by atoms with E-state index in [9.17, 15) is 8.42 Å². The van der Waals surface area contributed by atoms with Gasteiger partial charge in [-0.25, -0.2) is 8.42 Å². The quantitative estimate of drug-likeness (QED) is 0.752. The number of hydrogen-bond acceptors (Lipinski definition) is 3. The van der Waals surface area contributed by atoms with Crippen molar-refractivity contribution < 1.29 is 8.42 Å². The first kappa shape index (κ1) is 17.3. The maximum Gasteiger partial charge on any atom is 0.218 e. The van der Waals surface area contributed by atoms with Crippen LogP contribution in [0.2, 0.25) is 0 Å². The van der Waals surface area contributed by atoms with Gasteiger partial charge in [-0.1, -0.05) is 48.5 Å². The summed E-state index contributed by atoms with van der Waals surface area (Å²) in [5.74, 6) is 0.0797. The highest BCUT2D eigenvalue weighted by atomic mass is 32.2. The summed E-state index contributed by atoms with van der Waals surface area (Å²) in [5, 5.41) is 1.24. The molecule has 4 rings (SSSR count). The molecule has 1 aliphatic heterocycles. The lowest BCUT2D eigenvalue weighted by atomic mass is 10.1. The SMILES string of the molecule is O=S(=O)(Cc1ccccc1)N1CCN(Cc2c[nH]c3ccccc23)CC1. The topological polar surface area (TPSA) is 56.4 Å². The van der Waals surface area contributed by atoms with E-state index in [0.29, 0.717) is 13.1 Å². The van der Waals surface area contributed by atoms with E-state index in [4.69, 9.17) is 0 Å². The Bertz CT molecular complexity index is 974. The second-order valence-corrected chi connectivity index (χ2v) is 8.75. The van der Waals surface area contributed by atoms with Gasteiger partial charge >= 0.3 is 0 Å². The molecule has 2 aromatic carbocycles. The molecular formula is C20H23N3O2S. The van der Waals surface area contributed by atoms with E-state index >= 15 is 0 Å². The summed E-state index contributed by atoms with van der Waals surface area (Å²) in [6, 6.07) is 17.7. The Hall–Kier alpha value is -2.15. The van der Waals surface area contributed by atoms with E-state index in [2.05, 4.69) is 28.2 Å². The second kappa shape index (κ2) is 7.23. The molecule has 136 valence electrons. The Morgan fingerprint density at radius 2 is 1.58 bits per heavy atom. The number of aromatic amines is 1. The number of benzene rings is 2. The molecule has 1 N–H and O–H groups in total. The number of rotatable bonds is 5. The molecule has 2 heterocycles. The van der Waals surface area contributed by atoms with Gasteiger partial charge in [0.1, 0.15) is 0 Å². The van der Waals surface area contributed by atoms with Crippen molar-refractivity contribution in [1.82, 2.24) is 14.2 Å². The lowest BCUT2D eigenvalue weighted by Gasteiger charge is -2.34. The normalized spacial score (nSPS) is 16.9. The van der Waals surface area contributed by atoms with Crippen LogP contribution in [0.5, 0.6) is 0 Å². The van der Waals surface area contributed by atoms with Crippen LogP contribution in [-0.2, 0) is 22.3 Å². The summed E-state index contributed by atoms with van der Waals surface area (Å²) in [7, 11) is -3.26. The average molecular weight is 369 g/mol. The highest BCUT2D eigenvalue weighted by Gasteiger charge is 2.27. The average Bonchev–Trinajstić information content (AvgIpc) is 3.06. The maximum atomic E-state index is 12.7. The lowest BCUT2D eigenvalue weighted by molar-refractivity contribution is 0.182. The summed E-state index contributed by atoms with van der Waals surface area (Å²) in [6.45, 7) is 3.46. The molecule has 5 nitrogen and oxygen atoms in total. The molecule has 0 saturated carbocycles. The van der Waals surface area contributed by atoms with Gasteiger partial charge in [0.05, 0.1) is 5.75 Å². The third kappa shape index (κ3) is 3.67. The third-order valence-electron chi connectivity index (χ3n) is 4.99. The van der Waals surface area contributed by atoms with Crippen molar-refractivity contribution in [3.8, 4) is 0 Å². The van der Waals surface area contributed by atoms with E-state index in [0.717, 1.165) is 30.7 Å². The minimum absolute atomic E-state index is 0.0797. The maximum absolute atomic E-state index is 12.7. The lowest BCUT2D eigenvalue weighted by Crippen LogP contribution is -2.48. The molecule has 0 amide bonds. The molecule has 0 bridgehead atoms. The highest BCUT2D eigenvalue weighted by molar-refractivity contribution is 7.88. The van der Waals surface area contributed by atoms with Gasteiger partial charge in [-0.15, -0.1) is 0 Å². The van der Waals surface area contributed by atoms with E-state index in [1.165, 1.54) is 10.9 Å². The summed E-state index contributed by atoms with van der Waals surface area (Å²) in [4.78, 5) is 5.63. The summed E-state index contributed by atoms with van der Waals surface area (Å²) in [6.07, 6.45) is 2.06. The number of sulfonamides is 1. The Balaban J connectivity index is 1.38. The monoisotopic (exact) mass is 369 g/mol. The molecule has 0 spiro atoms. The first-order valence-corrected chi connectivity index (χ1v) is 10.5. The van der Waals surface area contributed by atoms with Crippen molar-refractivity contribution in [2.75, 3.05) is 26.2 Å². The fraction of sp³-hybridized carbons (Fsp3) is 0.300. The summed E-state index contributed by atoms with van der Waals surface area (Å²) < 4.78 is 26.9. The Morgan fingerprint density at radius 3 is 2.35 bits per heavy atom. The molecule has 0 radical (unpaired) electrons. The van der Waals surface area contributed by atoms with Crippen LogP contribution in [0.1, 0.15) is 11.1 Å². The molecule has 0 unspecified atom stereocenters. The van der Waals surface area contributed by atoms with Crippen LogP contribution in [0, 0.1) is 0 Å². The van der Waals surface area contributed by atoms with Crippen molar-refractivity contribution in [1.29, 1.82) is 0 Å². The van der Waals surface area contributed by atoms with E-state index < -0.39 is 10.0 Å². The number of nitrogens with zero attached hydrogens (tertiary/aromatic N) is 2. The van der Waals surface area contributed by atoms with Crippen LogP contribution in [0.25, 0.3) is 10.9 Å². The van der Waals surface area contributed by atoms with Crippen molar-refractivity contribution in [2.24, 2.45) is 0 Å². The fourth-order valence-electron chi connectivity index (χ4n) is 3.55. The molecule has 1 fully saturated rings. The van der Waals surface area contributed by atoms with Crippen molar-refractivity contribution in [2.45, 2.75) is 12.3 Å². The van der Waals surface area contributed by atoms with Crippen LogP contribution in [0.4, 0.5) is 0 Å². The number of nitrogens with one attached hydrogen (secondary N) is 1. The minimum atomic E-state index is -3.26. The van der Waals surface area contributed by atoms with E-state index in [-0.39, 0.29) is 5.75 Å². The predicted molar refractivity (Wildman–Crippen MR) is 104 cm³/mol. The van der Waals surface area contributed by atoms with Gasteiger partial charge in [0.25, 0.3) is 0 Å². The molecule has 1 aromatic heterocycles. The van der Waals surface area contributed by atoms with Gasteiger partial charge in [0.15, 0.2) is 0 Å². The van der Waals surface area contributed by atoms with Crippen LogP contribution in [0.15, 0.2) is 60.8 Å². The Morgan fingerprint density at radius 1 is 0.885 bits per heavy atom. The molecule has 0 aliphatic carbocycles. The zero-order valence-electron chi connectivity index (χ0n) is 14.6. The number of fused-ring (bicyclic) bond motifs is 1. The summed E-state index contributed by atoms with van der Waals surface area (Å²) in [5.41, 5.74) is 3.25. The van der Waals surface area contributed by atoms with E-state index in [1.807, 2.05) is 42.5 Å². The smallest absolute Gasteiger partial charge is 0.218 e. The van der Waals surface area contributed by atoms with Crippen molar-refractivity contribution >= 4 is 20.9 Å². The van der Waals surface area contributed by atoms with Crippen molar-refractivity contribution in [3.63, 3.8) is 0 Å². The second-order valence-electron chi connectivity index (χ2n) is 6.78. The number of piperazine rings is 1. The fourth-order valence-corrected chi connectivity index (χ4v) is 5.06. The molecular weight excluding hydrogens is 346 g/mol. The first-order valence-electron chi connectivity index (χ1n) is 8.91. The van der Waals surface area contributed by atoms with Gasteiger partial charge in [0.2, 0.25) is 10.0 Å². The Labute approximate surface area is 154 Å². The van der Waals surface area contributed by atoms with Gasteiger partial charge in [-0.05, 0) is 17.2 Å². The largest absolute Gasteiger partial charge is 0.361 e. The molecule has 26 heavy (non-hydrogen) atoms. The van der Waals surface area contributed by atoms with E-state index in [1.54, 1.807) is 4.31 Å². The molecule has 0 atom stereocenters. The first-order chi connectivity index (χ1) is 12.6. The van der Waals surface area contributed by atoms with Crippen LogP contribution < -0.4 is 0 Å². The Kier molecular flexibility index (Phi) is 4.80. The number of hydrogen-bond donors (Lipinski definition) is 1. The van der Waals surface area contributed by atoms with Gasteiger partial charge < -0.3 is 4.98 Å². The zero-order valence-corrected chi connectivity index (χ0v) is 15.5. The standard InChI is InChI=1S/C20H23N3O2S/c24-26(25,16-17-6-2-1-3-7-17)23-12-10-22(11-13-23)15-18-14-21-20-9-5-4-8-19(18)20/h1-9,14,21H,10-13,15-16H2. The predicted octanol–water partition coefficient (Wildman–Crippen LogP) is 2.82. The molecule has 1 saturated heterocycles. The molecule has 6 heteroatoms.